The number of benzene rings is 2. The normalized spacial score (nSPS) is 11.9. The van der Waals surface area contributed by atoms with Gasteiger partial charge in [0.05, 0.1) is 10.4 Å². The van der Waals surface area contributed by atoms with Gasteiger partial charge in [-0.1, -0.05) is 30.3 Å². The molecule has 0 saturated heterocycles. The van der Waals surface area contributed by atoms with Crippen molar-refractivity contribution in [2.75, 3.05) is 0 Å². The van der Waals surface area contributed by atoms with Gasteiger partial charge in [-0.05, 0) is 18.2 Å². The Labute approximate surface area is 141 Å². The number of hydrogen-bond acceptors (Lipinski definition) is 5. The molecule has 0 radical (unpaired) electrons. The second-order valence-corrected chi connectivity index (χ2v) is 6.24. The summed E-state index contributed by atoms with van der Waals surface area (Å²) in [4.78, 5) is 18.0. The Hall–Kier alpha value is -2.96. The fourth-order valence-corrected chi connectivity index (χ4v) is 3.54. The van der Waals surface area contributed by atoms with Crippen LogP contribution in [0.2, 0.25) is 0 Å². The van der Waals surface area contributed by atoms with E-state index in [4.69, 9.17) is 9.94 Å². The molecule has 3 aromatic rings. The summed E-state index contributed by atoms with van der Waals surface area (Å²) in [6.07, 6.45) is 1.77. The maximum absolute atomic E-state index is 11.9. The molecule has 0 saturated carbocycles. The number of para-hydroxylation sites is 2. The number of ether oxygens (including phenoxy) is 1. The fourth-order valence-electron chi connectivity index (χ4n) is 2.54. The van der Waals surface area contributed by atoms with Crippen LogP contribution in [0.15, 0.2) is 59.6 Å². The molecule has 5 nitrogen and oxygen atoms in total. The Morgan fingerprint density at radius 3 is 2.75 bits per heavy atom. The number of carbonyl (C=O) groups excluding carboxylic acids is 1. The first-order valence-corrected chi connectivity index (χ1v) is 8.06. The van der Waals surface area contributed by atoms with Crippen molar-refractivity contribution in [1.29, 1.82) is 0 Å². The summed E-state index contributed by atoms with van der Waals surface area (Å²) in [5.41, 5.74) is 3.59. The summed E-state index contributed by atoms with van der Waals surface area (Å²) in [7, 11) is 0. The molecule has 1 amide bonds. The molecule has 2 N–H and O–H groups in total. The highest BCUT2D eigenvalue weighted by atomic mass is 32.1. The number of aliphatic imine (C=N–C) groups is 1. The molecule has 0 aliphatic carbocycles. The predicted octanol–water partition coefficient (Wildman–Crippen LogP) is 4.39. The maximum Gasteiger partial charge on any atom is 0.275 e. The molecule has 6 heteroatoms. The average molecular weight is 336 g/mol. The van der Waals surface area contributed by atoms with Crippen molar-refractivity contribution in [2.45, 2.75) is 0 Å². The summed E-state index contributed by atoms with van der Waals surface area (Å²) in [6.45, 7) is 0. The summed E-state index contributed by atoms with van der Waals surface area (Å²) in [5, 5.41) is 8.93. The summed E-state index contributed by atoms with van der Waals surface area (Å²) in [6, 6.07) is 16.5. The molecule has 0 atom stereocenters. The van der Waals surface area contributed by atoms with Crippen molar-refractivity contribution in [2.24, 2.45) is 4.99 Å². The van der Waals surface area contributed by atoms with Crippen LogP contribution in [-0.4, -0.2) is 17.3 Å². The van der Waals surface area contributed by atoms with Crippen molar-refractivity contribution in [3.8, 4) is 21.9 Å². The second kappa shape index (κ2) is 5.92. The van der Waals surface area contributed by atoms with Gasteiger partial charge >= 0.3 is 0 Å². The van der Waals surface area contributed by atoms with Gasteiger partial charge in [0.2, 0.25) is 0 Å². The quantitative estimate of drug-likeness (QED) is 0.421. The molecule has 118 valence electrons. The van der Waals surface area contributed by atoms with Crippen LogP contribution in [0.3, 0.4) is 0 Å². The van der Waals surface area contributed by atoms with Gasteiger partial charge in [-0.15, -0.1) is 11.3 Å². The number of nitrogens with zero attached hydrogens (tertiary/aromatic N) is 1. The van der Waals surface area contributed by atoms with E-state index in [0.29, 0.717) is 17.1 Å². The van der Waals surface area contributed by atoms with Crippen LogP contribution < -0.4 is 10.2 Å². The minimum absolute atomic E-state index is 0.397. The molecule has 0 unspecified atom stereocenters. The lowest BCUT2D eigenvalue weighted by molar-refractivity contribution is 0.0707. The van der Waals surface area contributed by atoms with E-state index >= 15 is 0 Å². The van der Waals surface area contributed by atoms with Gasteiger partial charge in [-0.3, -0.25) is 15.0 Å². The minimum atomic E-state index is -0.547. The molecule has 0 bridgehead atoms. The van der Waals surface area contributed by atoms with Crippen molar-refractivity contribution in [3.63, 3.8) is 0 Å². The molecule has 1 aliphatic rings. The van der Waals surface area contributed by atoms with Crippen LogP contribution in [0, 0.1) is 0 Å². The number of hydroxylamine groups is 1. The van der Waals surface area contributed by atoms with Crippen LogP contribution in [0.4, 0.5) is 5.69 Å². The lowest BCUT2D eigenvalue weighted by atomic mass is 10.1. The molecular formula is C18H12N2O3S. The number of nitrogens with one attached hydrogen (secondary N) is 1. The van der Waals surface area contributed by atoms with E-state index in [1.54, 1.807) is 23.8 Å². The van der Waals surface area contributed by atoms with Crippen LogP contribution in [0.25, 0.3) is 10.4 Å². The first-order valence-electron chi connectivity index (χ1n) is 7.25. The number of thiophene rings is 1. The van der Waals surface area contributed by atoms with E-state index < -0.39 is 5.91 Å². The Kier molecular flexibility index (Phi) is 3.60. The van der Waals surface area contributed by atoms with Gasteiger partial charge in [0.1, 0.15) is 11.4 Å². The Bertz CT molecular complexity index is 962. The van der Waals surface area contributed by atoms with Gasteiger partial charge in [0.25, 0.3) is 5.91 Å². The van der Waals surface area contributed by atoms with E-state index in [1.165, 1.54) is 11.3 Å². The number of hydrogen-bond donors (Lipinski definition) is 2. The maximum atomic E-state index is 11.9. The molecule has 0 spiro atoms. The monoisotopic (exact) mass is 336 g/mol. The SMILES string of the molecule is O=C(NO)c1ccccc1-c1cc2c(s1)C=Nc1ccccc1O2. The third kappa shape index (κ3) is 2.47. The smallest absolute Gasteiger partial charge is 0.275 e. The van der Waals surface area contributed by atoms with Gasteiger partial charge < -0.3 is 4.74 Å². The highest BCUT2D eigenvalue weighted by Gasteiger charge is 2.19. The Morgan fingerprint density at radius 2 is 1.88 bits per heavy atom. The molecule has 0 fully saturated rings. The lowest BCUT2D eigenvalue weighted by Gasteiger charge is -2.06. The highest BCUT2D eigenvalue weighted by Crippen LogP contribution is 2.42. The van der Waals surface area contributed by atoms with Crippen molar-refractivity contribution in [1.82, 2.24) is 5.48 Å². The largest absolute Gasteiger partial charge is 0.453 e. The van der Waals surface area contributed by atoms with E-state index in [2.05, 4.69) is 4.99 Å². The third-order valence-electron chi connectivity index (χ3n) is 3.67. The third-order valence-corrected chi connectivity index (χ3v) is 4.75. The van der Waals surface area contributed by atoms with Gasteiger partial charge in [0, 0.05) is 22.7 Å². The topological polar surface area (TPSA) is 70.9 Å². The fraction of sp³-hybridized carbons (Fsp3) is 0. The minimum Gasteiger partial charge on any atom is -0.453 e. The zero-order chi connectivity index (χ0) is 16.5. The first kappa shape index (κ1) is 14.6. The van der Waals surface area contributed by atoms with Crippen LogP contribution >= 0.6 is 11.3 Å². The molecular weight excluding hydrogens is 324 g/mol. The number of amides is 1. The summed E-state index contributed by atoms with van der Waals surface area (Å²) in [5.74, 6) is 0.843. The molecule has 4 rings (SSSR count). The van der Waals surface area contributed by atoms with Gasteiger partial charge in [0.15, 0.2) is 5.75 Å². The Balaban J connectivity index is 1.79. The van der Waals surface area contributed by atoms with Crippen LogP contribution in [-0.2, 0) is 0 Å². The molecule has 2 aromatic carbocycles. The summed E-state index contributed by atoms with van der Waals surface area (Å²) >= 11 is 1.48. The average Bonchev–Trinajstić information content (AvgIpc) is 2.95. The predicted molar refractivity (Wildman–Crippen MR) is 92.8 cm³/mol. The van der Waals surface area contributed by atoms with E-state index in [-0.39, 0.29) is 0 Å². The van der Waals surface area contributed by atoms with Crippen LogP contribution in [0.1, 0.15) is 15.2 Å². The second-order valence-electron chi connectivity index (χ2n) is 5.15. The molecule has 2 heterocycles. The van der Waals surface area contributed by atoms with Crippen molar-refractivity contribution >= 4 is 29.1 Å². The first-order chi connectivity index (χ1) is 11.8. The number of fused-ring (bicyclic) bond motifs is 2. The van der Waals surface area contributed by atoms with Crippen molar-refractivity contribution in [3.05, 3.63) is 65.0 Å². The Morgan fingerprint density at radius 1 is 1.08 bits per heavy atom. The number of carbonyl (C=O) groups is 1. The van der Waals surface area contributed by atoms with E-state index in [1.807, 2.05) is 42.5 Å². The molecule has 1 aliphatic heterocycles. The van der Waals surface area contributed by atoms with Gasteiger partial charge in [-0.25, -0.2) is 5.48 Å². The van der Waals surface area contributed by atoms with Gasteiger partial charge in [-0.2, -0.15) is 0 Å². The highest BCUT2D eigenvalue weighted by molar-refractivity contribution is 7.17. The summed E-state index contributed by atoms with van der Waals surface area (Å²) < 4.78 is 5.97. The molecule has 1 aromatic heterocycles. The van der Waals surface area contributed by atoms with E-state index in [9.17, 15) is 4.79 Å². The number of rotatable bonds is 2. The zero-order valence-electron chi connectivity index (χ0n) is 12.4. The molecule has 24 heavy (non-hydrogen) atoms. The van der Waals surface area contributed by atoms with Crippen molar-refractivity contribution < 1.29 is 14.7 Å². The lowest BCUT2D eigenvalue weighted by Crippen LogP contribution is -2.19. The van der Waals surface area contributed by atoms with E-state index in [0.717, 1.165) is 21.0 Å². The standard InChI is InChI=1S/C18H12N2O3S/c21-18(20-22)12-6-2-1-5-11(12)16-9-15-17(24-16)10-19-13-7-3-4-8-14(13)23-15/h1-10,22H,(H,20,21). The zero-order valence-corrected chi connectivity index (χ0v) is 13.2. The van der Waals surface area contributed by atoms with Crippen LogP contribution in [0.5, 0.6) is 11.5 Å².